The van der Waals surface area contributed by atoms with Gasteiger partial charge in [0.05, 0.1) is 5.69 Å². The van der Waals surface area contributed by atoms with Crippen molar-refractivity contribution in [2.75, 3.05) is 18.4 Å². The summed E-state index contributed by atoms with van der Waals surface area (Å²) in [5, 5.41) is 5.94. The highest BCUT2D eigenvalue weighted by Gasteiger charge is 2.20. The fourth-order valence-electron chi connectivity index (χ4n) is 3.00. The van der Waals surface area contributed by atoms with Gasteiger partial charge < -0.3 is 10.6 Å². The van der Waals surface area contributed by atoms with Crippen LogP contribution in [-0.2, 0) is 6.54 Å². The van der Waals surface area contributed by atoms with Gasteiger partial charge in [-0.15, -0.1) is 12.6 Å². The minimum atomic E-state index is -0.155. The Kier molecular flexibility index (Phi) is 5.77. The average molecular weight is 341 g/mol. The summed E-state index contributed by atoms with van der Waals surface area (Å²) in [6.07, 6.45) is 1.95. The van der Waals surface area contributed by atoms with E-state index in [9.17, 15) is 4.79 Å². The second-order valence-electron chi connectivity index (χ2n) is 6.15. The van der Waals surface area contributed by atoms with Crippen LogP contribution in [0.1, 0.15) is 18.4 Å². The summed E-state index contributed by atoms with van der Waals surface area (Å²) in [7, 11) is 0. The number of thiol groups is 1. The first-order valence-electron chi connectivity index (χ1n) is 8.32. The van der Waals surface area contributed by atoms with E-state index in [4.69, 9.17) is 0 Å². The zero-order chi connectivity index (χ0) is 16.8. The predicted molar refractivity (Wildman–Crippen MR) is 101 cm³/mol. The predicted octanol–water partition coefficient (Wildman–Crippen LogP) is 3.76. The SMILES string of the molecule is O=C(Nc1ccccc1S)NC1CCN(Cc2ccccc2)CC1. The molecule has 2 N–H and O–H groups in total. The molecule has 5 heteroatoms. The van der Waals surface area contributed by atoms with Crippen molar-refractivity contribution in [2.24, 2.45) is 0 Å². The second-order valence-corrected chi connectivity index (χ2v) is 6.63. The third-order valence-electron chi connectivity index (χ3n) is 4.32. The van der Waals surface area contributed by atoms with Gasteiger partial charge in [-0.2, -0.15) is 0 Å². The molecule has 1 fully saturated rings. The van der Waals surface area contributed by atoms with Crippen LogP contribution in [0.4, 0.5) is 10.5 Å². The van der Waals surface area contributed by atoms with Crippen LogP contribution < -0.4 is 10.6 Å². The monoisotopic (exact) mass is 341 g/mol. The Bertz CT molecular complexity index is 669. The van der Waals surface area contributed by atoms with Crippen molar-refractivity contribution in [3.05, 3.63) is 60.2 Å². The highest BCUT2D eigenvalue weighted by atomic mass is 32.1. The first-order chi connectivity index (χ1) is 11.7. The summed E-state index contributed by atoms with van der Waals surface area (Å²) < 4.78 is 0. The van der Waals surface area contributed by atoms with Crippen LogP contribution in [-0.4, -0.2) is 30.1 Å². The van der Waals surface area contributed by atoms with E-state index in [0.29, 0.717) is 0 Å². The number of benzene rings is 2. The number of nitrogens with zero attached hydrogens (tertiary/aromatic N) is 1. The van der Waals surface area contributed by atoms with Gasteiger partial charge in [-0.3, -0.25) is 4.90 Å². The standard InChI is InChI=1S/C19H23N3OS/c23-19(21-17-8-4-5-9-18(17)24)20-16-10-12-22(13-11-16)14-15-6-2-1-3-7-15/h1-9,16,24H,10-14H2,(H2,20,21,23). The Labute approximate surface area is 148 Å². The Balaban J connectivity index is 1.43. The topological polar surface area (TPSA) is 44.4 Å². The quantitative estimate of drug-likeness (QED) is 0.742. The second kappa shape index (κ2) is 8.22. The zero-order valence-electron chi connectivity index (χ0n) is 13.6. The van der Waals surface area contributed by atoms with E-state index in [-0.39, 0.29) is 12.1 Å². The normalized spacial score (nSPS) is 15.9. The maximum Gasteiger partial charge on any atom is 0.319 e. The van der Waals surface area contributed by atoms with Crippen molar-refractivity contribution in [1.29, 1.82) is 0 Å². The third kappa shape index (κ3) is 4.76. The molecule has 0 atom stereocenters. The molecule has 0 radical (unpaired) electrons. The molecule has 1 saturated heterocycles. The van der Waals surface area contributed by atoms with Gasteiger partial charge in [-0.25, -0.2) is 4.79 Å². The number of nitrogens with one attached hydrogen (secondary N) is 2. The number of amides is 2. The number of carbonyl (C=O) groups is 1. The highest BCUT2D eigenvalue weighted by Crippen LogP contribution is 2.19. The molecule has 0 aromatic heterocycles. The molecule has 1 aliphatic heterocycles. The summed E-state index contributed by atoms with van der Waals surface area (Å²) in [6, 6.07) is 18.1. The van der Waals surface area contributed by atoms with Crippen molar-refractivity contribution in [3.8, 4) is 0 Å². The van der Waals surface area contributed by atoms with E-state index >= 15 is 0 Å². The molecule has 0 aliphatic carbocycles. The number of rotatable bonds is 4. The molecule has 1 heterocycles. The van der Waals surface area contributed by atoms with Gasteiger partial charge in [0.1, 0.15) is 0 Å². The van der Waals surface area contributed by atoms with Crippen LogP contribution >= 0.6 is 12.6 Å². The maximum absolute atomic E-state index is 12.1. The van der Waals surface area contributed by atoms with Crippen LogP contribution in [0.15, 0.2) is 59.5 Å². The number of anilines is 1. The van der Waals surface area contributed by atoms with Crippen molar-refractivity contribution in [2.45, 2.75) is 30.3 Å². The van der Waals surface area contributed by atoms with Gasteiger partial charge in [0.15, 0.2) is 0 Å². The summed E-state index contributed by atoms with van der Waals surface area (Å²) in [4.78, 5) is 15.3. The molecule has 0 spiro atoms. The molecule has 0 unspecified atom stereocenters. The Hall–Kier alpha value is -1.98. The number of hydrogen-bond acceptors (Lipinski definition) is 3. The fraction of sp³-hybridized carbons (Fsp3) is 0.316. The van der Waals surface area contributed by atoms with Gasteiger partial charge in [0, 0.05) is 30.6 Å². The first kappa shape index (κ1) is 16.9. The van der Waals surface area contributed by atoms with Gasteiger partial charge in [-0.1, -0.05) is 42.5 Å². The van der Waals surface area contributed by atoms with Crippen molar-refractivity contribution in [3.63, 3.8) is 0 Å². The lowest BCUT2D eigenvalue weighted by Gasteiger charge is -2.32. The minimum Gasteiger partial charge on any atom is -0.335 e. The van der Waals surface area contributed by atoms with Gasteiger partial charge in [0.2, 0.25) is 0 Å². The lowest BCUT2D eigenvalue weighted by Crippen LogP contribution is -2.45. The van der Waals surface area contributed by atoms with E-state index in [1.807, 2.05) is 30.3 Å². The number of hydrogen-bond donors (Lipinski definition) is 3. The molecule has 126 valence electrons. The largest absolute Gasteiger partial charge is 0.335 e. The van der Waals surface area contributed by atoms with Crippen LogP contribution in [0.3, 0.4) is 0 Å². The lowest BCUT2D eigenvalue weighted by atomic mass is 10.0. The van der Waals surface area contributed by atoms with E-state index in [2.05, 4.69) is 52.4 Å². The Morgan fingerprint density at radius 1 is 1.04 bits per heavy atom. The summed E-state index contributed by atoms with van der Waals surface area (Å²) in [5.41, 5.74) is 2.08. The number of carbonyl (C=O) groups excluding carboxylic acids is 1. The Morgan fingerprint density at radius 2 is 1.71 bits per heavy atom. The van der Waals surface area contributed by atoms with E-state index < -0.39 is 0 Å². The molecule has 4 nitrogen and oxygen atoms in total. The minimum absolute atomic E-state index is 0.155. The van der Waals surface area contributed by atoms with E-state index in [1.165, 1.54) is 5.56 Å². The smallest absolute Gasteiger partial charge is 0.319 e. The molecule has 2 aromatic carbocycles. The molecule has 24 heavy (non-hydrogen) atoms. The number of piperidine rings is 1. The van der Waals surface area contributed by atoms with Crippen molar-refractivity contribution < 1.29 is 4.79 Å². The fourth-order valence-corrected chi connectivity index (χ4v) is 3.22. The van der Waals surface area contributed by atoms with Crippen LogP contribution in [0.5, 0.6) is 0 Å². The molecule has 1 aliphatic rings. The van der Waals surface area contributed by atoms with Crippen LogP contribution in [0, 0.1) is 0 Å². The molecular formula is C19H23N3OS. The van der Waals surface area contributed by atoms with Crippen molar-refractivity contribution >= 4 is 24.3 Å². The lowest BCUT2D eigenvalue weighted by molar-refractivity contribution is 0.190. The number of likely N-dealkylation sites (tertiary alicyclic amines) is 1. The highest BCUT2D eigenvalue weighted by molar-refractivity contribution is 7.80. The maximum atomic E-state index is 12.1. The summed E-state index contributed by atoms with van der Waals surface area (Å²) in [5.74, 6) is 0. The van der Waals surface area contributed by atoms with Crippen LogP contribution in [0.2, 0.25) is 0 Å². The average Bonchev–Trinajstić information content (AvgIpc) is 2.60. The summed E-state index contributed by atoms with van der Waals surface area (Å²) >= 11 is 4.35. The van der Waals surface area contributed by atoms with Crippen molar-refractivity contribution in [1.82, 2.24) is 10.2 Å². The molecule has 2 amide bonds. The molecule has 0 bridgehead atoms. The molecule has 3 rings (SSSR count). The summed E-state index contributed by atoms with van der Waals surface area (Å²) in [6.45, 7) is 2.98. The third-order valence-corrected chi connectivity index (χ3v) is 4.71. The molecule has 0 saturated carbocycles. The van der Waals surface area contributed by atoms with E-state index in [1.54, 1.807) is 0 Å². The zero-order valence-corrected chi connectivity index (χ0v) is 14.5. The molecule has 2 aromatic rings. The Morgan fingerprint density at radius 3 is 2.42 bits per heavy atom. The van der Waals surface area contributed by atoms with E-state index in [0.717, 1.165) is 43.1 Å². The number of para-hydroxylation sites is 1. The van der Waals surface area contributed by atoms with Crippen LogP contribution in [0.25, 0.3) is 0 Å². The van der Waals surface area contributed by atoms with Gasteiger partial charge in [-0.05, 0) is 30.5 Å². The van der Waals surface area contributed by atoms with Gasteiger partial charge in [0.25, 0.3) is 0 Å². The number of urea groups is 1. The molecular weight excluding hydrogens is 318 g/mol. The van der Waals surface area contributed by atoms with Gasteiger partial charge >= 0.3 is 6.03 Å². The first-order valence-corrected chi connectivity index (χ1v) is 8.77.